The summed E-state index contributed by atoms with van der Waals surface area (Å²) in [6, 6.07) is 12.7. The Morgan fingerprint density at radius 1 is 1.12 bits per heavy atom. The molecule has 2 aromatic carbocycles. The Morgan fingerprint density at radius 2 is 1.88 bits per heavy atom. The topological polar surface area (TPSA) is 73.9 Å². The number of carbonyl (C=O) groups is 2. The zero-order valence-electron chi connectivity index (χ0n) is 13.7. The van der Waals surface area contributed by atoms with Gasteiger partial charge in [-0.05, 0) is 42.8 Å². The van der Waals surface area contributed by atoms with E-state index in [0.717, 1.165) is 11.1 Å². The third kappa shape index (κ3) is 4.60. The van der Waals surface area contributed by atoms with Gasteiger partial charge in [-0.25, -0.2) is 4.79 Å². The van der Waals surface area contributed by atoms with E-state index in [1.807, 2.05) is 19.1 Å². The highest BCUT2D eigenvalue weighted by molar-refractivity contribution is 5.94. The van der Waals surface area contributed by atoms with Crippen LogP contribution in [0.25, 0.3) is 6.08 Å². The molecular weight excluding hydrogens is 322 g/mol. The molecule has 0 atom stereocenters. The number of nitrogens with one attached hydrogen (secondary N) is 1. The van der Waals surface area contributed by atoms with Crippen LogP contribution in [-0.4, -0.2) is 25.3 Å². The van der Waals surface area contributed by atoms with E-state index in [9.17, 15) is 9.59 Å². The maximum absolute atomic E-state index is 11.8. The van der Waals surface area contributed by atoms with E-state index in [4.69, 9.17) is 14.2 Å². The standard InChI is InChI=1S/C19H17NO5/c1-13-2-6-15(7-3-13)20-18(21)11-23-19(22)9-5-14-4-8-16-17(10-14)25-12-24-16/h2-10H,11-12H2,1H3,(H,20,21)/b9-5+. The molecule has 6 nitrogen and oxygen atoms in total. The van der Waals surface area contributed by atoms with Gasteiger partial charge in [-0.15, -0.1) is 0 Å². The summed E-state index contributed by atoms with van der Waals surface area (Å²) >= 11 is 0. The SMILES string of the molecule is Cc1ccc(NC(=O)COC(=O)/C=C/c2ccc3c(c2)OCO3)cc1. The fourth-order valence-electron chi connectivity index (χ4n) is 2.20. The van der Waals surface area contributed by atoms with Gasteiger partial charge >= 0.3 is 5.97 Å². The van der Waals surface area contributed by atoms with Crippen molar-refractivity contribution in [3.8, 4) is 11.5 Å². The number of carbonyl (C=O) groups excluding carboxylic acids is 2. The summed E-state index contributed by atoms with van der Waals surface area (Å²) in [4.78, 5) is 23.5. The van der Waals surface area contributed by atoms with Gasteiger partial charge in [0.2, 0.25) is 6.79 Å². The summed E-state index contributed by atoms with van der Waals surface area (Å²) in [5.74, 6) is 0.311. The molecule has 0 aliphatic carbocycles. The lowest BCUT2D eigenvalue weighted by atomic mass is 10.2. The molecule has 1 aliphatic heterocycles. The number of aryl methyl sites for hydroxylation is 1. The maximum Gasteiger partial charge on any atom is 0.331 e. The molecule has 3 rings (SSSR count). The number of esters is 1. The second-order valence-electron chi connectivity index (χ2n) is 5.47. The highest BCUT2D eigenvalue weighted by Crippen LogP contribution is 2.32. The Labute approximate surface area is 145 Å². The van der Waals surface area contributed by atoms with Gasteiger partial charge in [0.1, 0.15) is 0 Å². The number of hydrogen-bond donors (Lipinski definition) is 1. The molecule has 0 fully saturated rings. The molecule has 128 valence electrons. The Bertz CT molecular complexity index is 811. The second-order valence-corrected chi connectivity index (χ2v) is 5.47. The number of anilines is 1. The number of hydrogen-bond acceptors (Lipinski definition) is 5. The smallest absolute Gasteiger partial charge is 0.331 e. The van der Waals surface area contributed by atoms with E-state index in [1.54, 1.807) is 36.4 Å². The summed E-state index contributed by atoms with van der Waals surface area (Å²) in [6.07, 6.45) is 2.85. The first kappa shape index (κ1) is 16.6. The van der Waals surface area contributed by atoms with E-state index in [1.165, 1.54) is 6.08 Å². The van der Waals surface area contributed by atoms with Crippen molar-refractivity contribution >= 4 is 23.6 Å². The fraction of sp³-hybridized carbons (Fsp3) is 0.158. The first-order chi connectivity index (χ1) is 12.1. The highest BCUT2D eigenvalue weighted by Gasteiger charge is 2.12. The fourth-order valence-corrected chi connectivity index (χ4v) is 2.20. The first-order valence-electron chi connectivity index (χ1n) is 7.71. The molecule has 0 spiro atoms. The molecule has 2 aromatic rings. The van der Waals surface area contributed by atoms with Crippen molar-refractivity contribution in [2.75, 3.05) is 18.7 Å². The molecule has 1 amide bonds. The van der Waals surface area contributed by atoms with Crippen LogP contribution in [-0.2, 0) is 14.3 Å². The molecule has 0 saturated heterocycles. The average Bonchev–Trinajstić information content (AvgIpc) is 3.08. The Morgan fingerprint density at radius 3 is 2.68 bits per heavy atom. The number of ether oxygens (including phenoxy) is 3. The lowest BCUT2D eigenvalue weighted by Gasteiger charge is -2.05. The van der Waals surface area contributed by atoms with Crippen molar-refractivity contribution in [1.82, 2.24) is 0 Å². The summed E-state index contributed by atoms with van der Waals surface area (Å²) in [6.45, 7) is 1.80. The molecule has 6 heteroatoms. The number of amides is 1. The van der Waals surface area contributed by atoms with Crippen LogP contribution >= 0.6 is 0 Å². The van der Waals surface area contributed by atoms with Gasteiger partial charge in [0.05, 0.1) is 0 Å². The molecule has 0 aromatic heterocycles. The van der Waals surface area contributed by atoms with E-state index in [-0.39, 0.29) is 13.4 Å². The van der Waals surface area contributed by atoms with Crippen molar-refractivity contribution < 1.29 is 23.8 Å². The number of benzene rings is 2. The molecule has 1 aliphatic rings. The van der Waals surface area contributed by atoms with Crippen molar-refractivity contribution in [3.63, 3.8) is 0 Å². The van der Waals surface area contributed by atoms with Gasteiger partial charge < -0.3 is 19.5 Å². The minimum Gasteiger partial charge on any atom is -0.454 e. The molecule has 25 heavy (non-hydrogen) atoms. The predicted octanol–water partition coefficient (Wildman–Crippen LogP) is 2.92. The van der Waals surface area contributed by atoms with Crippen LogP contribution in [0.1, 0.15) is 11.1 Å². The average molecular weight is 339 g/mol. The van der Waals surface area contributed by atoms with Gasteiger partial charge in [-0.1, -0.05) is 23.8 Å². The quantitative estimate of drug-likeness (QED) is 0.670. The molecule has 0 saturated carbocycles. The third-order valence-corrected chi connectivity index (χ3v) is 3.49. The zero-order chi connectivity index (χ0) is 17.6. The Kier molecular flexibility index (Phi) is 4.99. The van der Waals surface area contributed by atoms with Gasteiger partial charge in [-0.2, -0.15) is 0 Å². The van der Waals surface area contributed by atoms with E-state index >= 15 is 0 Å². The molecule has 1 N–H and O–H groups in total. The number of fused-ring (bicyclic) bond motifs is 1. The van der Waals surface area contributed by atoms with Crippen molar-refractivity contribution in [1.29, 1.82) is 0 Å². The summed E-state index contributed by atoms with van der Waals surface area (Å²) in [5.41, 5.74) is 2.52. The van der Waals surface area contributed by atoms with Crippen LogP contribution < -0.4 is 14.8 Å². The van der Waals surface area contributed by atoms with Crippen LogP contribution in [0, 0.1) is 6.92 Å². The van der Waals surface area contributed by atoms with Gasteiger partial charge in [0, 0.05) is 11.8 Å². The second kappa shape index (κ2) is 7.53. The molecule has 0 radical (unpaired) electrons. The van der Waals surface area contributed by atoms with E-state index in [2.05, 4.69) is 5.32 Å². The van der Waals surface area contributed by atoms with Gasteiger partial charge in [-0.3, -0.25) is 4.79 Å². The molecule has 1 heterocycles. The molecular formula is C19H17NO5. The van der Waals surface area contributed by atoms with E-state index < -0.39 is 11.9 Å². The lowest BCUT2D eigenvalue weighted by molar-refractivity contribution is -0.142. The molecule has 0 unspecified atom stereocenters. The van der Waals surface area contributed by atoms with E-state index in [0.29, 0.717) is 17.2 Å². The normalized spacial score (nSPS) is 12.2. The van der Waals surface area contributed by atoms with Crippen molar-refractivity contribution in [3.05, 3.63) is 59.7 Å². The largest absolute Gasteiger partial charge is 0.454 e. The Balaban J connectivity index is 1.47. The maximum atomic E-state index is 11.8. The number of rotatable bonds is 5. The van der Waals surface area contributed by atoms with Crippen molar-refractivity contribution in [2.45, 2.75) is 6.92 Å². The summed E-state index contributed by atoms with van der Waals surface area (Å²) < 4.78 is 15.4. The zero-order valence-corrected chi connectivity index (χ0v) is 13.7. The van der Waals surface area contributed by atoms with Crippen LogP contribution in [0.5, 0.6) is 11.5 Å². The van der Waals surface area contributed by atoms with Gasteiger partial charge in [0.15, 0.2) is 18.1 Å². The summed E-state index contributed by atoms with van der Waals surface area (Å²) in [5, 5.41) is 2.66. The van der Waals surface area contributed by atoms with Crippen LogP contribution in [0.2, 0.25) is 0 Å². The van der Waals surface area contributed by atoms with Crippen molar-refractivity contribution in [2.24, 2.45) is 0 Å². The monoisotopic (exact) mass is 339 g/mol. The van der Waals surface area contributed by atoms with Crippen LogP contribution in [0.15, 0.2) is 48.5 Å². The minimum absolute atomic E-state index is 0.195. The van der Waals surface area contributed by atoms with Crippen LogP contribution in [0.3, 0.4) is 0 Å². The minimum atomic E-state index is -0.600. The van der Waals surface area contributed by atoms with Crippen LogP contribution in [0.4, 0.5) is 5.69 Å². The highest BCUT2D eigenvalue weighted by atomic mass is 16.7. The lowest BCUT2D eigenvalue weighted by Crippen LogP contribution is -2.20. The summed E-state index contributed by atoms with van der Waals surface area (Å²) in [7, 11) is 0. The van der Waals surface area contributed by atoms with Gasteiger partial charge in [0.25, 0.3) is 5.91 Å². The molecule has 0 bridgehead atoms. The first-order valence-corrected chi connectivity index (χ1v) is 7.71. The third-order valence-electron chi connectivity index (χ3n) is 3.49. The predicted molar refractivity (Wildman–Crippen MR) is 92.4 cm³/mol. The Hall–Kier alpha value is -3.28.